The van der Waals surface area contributed by atoms with Gasteiger partial charge in [0.1, 0.15) is 17.2 Å². The molecular formula is C48H51NO7. The summed E-state index contributed by atoms with van der Waals surface area (Å²) in [6.45, 7) is 5.76. The molecule has 8 heteroatoms. The lowest BCUT2D eigenvalue weighted by Gasteiger charge is -2.23. The van der Waals surface area contributed by atoms with Crippen LogP contribution in [0.2, 0.25) is 0 Å². The molecular weight excluding hydrogens is 703 g/mol. The molecule has 5 aromatic carbocycles. The fraction of sp³-hybridized carbons (Fsp3) is 0.333. The number of carbonyl (C=O) groups excluding carboxylic acids is 2. The molecule has 1 amide bonds. The second-order valence-electron chi connectivity index (χ2n) is 14.5. The summed E-state index contributed by atoms with van der Waals surface area (Å²) in [4.78, 5) is 29.0. The molecule has 0 saturated carbocycles. The van der Waals surface area contributed by atoms with Gasteiger partial charge in [0.2, 0.25) is 0 Å². The summed E-state index contributed by atoms with van der Waals surface area (Å²) in [5, 5.41) is 0. The fourth-order valence-corrected chi connectivity index (χ4v) is 6.59. The van der Waals surface area contributed by atoms with Gasteiger partial charge in [-0.05, 0) is 101 Å². The predicted octanol–water partition coefficient (Wildman–Crippen LogP) is 10.6. The smallest absolute Gasteiger partial charge is 0.343 e. The quantitative estimate of drug-likeness (QED) is 0.0319. The van der Waals surface area contributed by atoms with Gasteiger partial charge in [-0.1, -0.05) is 87.6 Å². The minimum atomic E-state index is -0.446. The highest BCUT2D eigenvalue weighted by molar-refractivity contribution is 6.06. The molecule has 7 rings (SSSR count). The van der Waals surface area contributed by atoms with Crippen molar-refractivity contribution in [2.75, 3.05) is 37.9 Å². The monoisotopic (exact) mass is 753 g/mol. The Balaban J connectivity index is 0.959. The third kappa shape index (κ3) is 11.3. The van der Waals surface area contributed by atoms with Crippen LogP contribution in [0.5, 0.6) is 17.2 Å². The number of unbranched alkanes of at least 4 members (excludes halogenated alkanes) is 5. The molecule has 0 aromatic heterocycles. The Kier molecular flexibility index (Phi) is 13.5. The SMILES string of the molecule is CCCCCCCCN(C(=O)c1ccc(-c2ccc(OCCC3CO3)cc2)cc1)c1ccc(OC(=O)c2ccc(-c3ccc(OCCC4CO4)cc3)cc2)cc1. The first-order valence-corrected chi connectivity index (χ1v) is 20.1. The molecule has 290 valence electrons. The first-order valence-electron chi connectivity index (χ1n) is 20.1. The highest BCUT2D eigenvalue weighted by atomic mass is 16.6. The van der Waals surface area contributed by atoms with Crippen LogP contribution in [-0.2, 0) is 9.47 Å². The molecule has 0 bridgehead atoms. The number of nitrogens with zero attached hydrogens (tertiary/aromatic N) is 1. The number of benzene rings is 5. The summed E-state index contributed by atoms with van der Waals surface area (Å²) in [5.74, 6) is 1.56. The number of ether oxygens (including phenoxy) is 5. The van der Waals surface area contributed by atoms with Crippen molar-refractivity contribution in [3.05, 3.63) is 132 Å². The van der Waals surface area contributed by atoms with Crippen LogP contribution in [0.25, 0.3) is 22.3 Å². The maximum absolute atomic E-state index is 14.0. The van der Waals surface area contributed by atoms with Gasteiger partial charge in [0.25, 0.3) is 5.91 Å². The van der Waals surface area contributed by atoms with Crippen molar-refractivity contribution in [1.82, 2.24) is 0 Å². The molecule has 2 saturated heterocycles. The van der Waals surface area contributed by atoms with Crippen LogP contribution in [0.4, 0.5) is 5.69 Å². The summed E-state index contributed by atoms with van der Waals surface area (Å²) >= 11 is 0. The van der Waals surface area contributed by atoms with E-state index in [-0.39, 0.29) is 5.91 Å². The minimum Gasteiger partial charge on any atom is -0.493 e. The van der Waals surface area contributed by atoms with E-state index in [0.29, 0.717) is 48.8 Å². The van der Waals surface area contributed by atoms with E-state index in [1.165, 1.54) is 19.3 Å². The highest BCUT2D eigenvalue weighted by Crippen LogP contribution is 2.28. The average Bonchev–Trinajstić information content (AvgIpc) is 4.19. The number of hydrogen-bond acceptors (Lipinski definition) is 7. The lowest BCUT2D eigenvalue weighted by atomic mass is 10.0. The molecule has 0 N–H and O–H groups in total. The predicted molar refractivity (Wildman–Crippen MR) is 220 cm³/mol. The van der Waals surface area contributed by atoms with Crippen molar-refractivity contribution in [3.63, 3.8) is 0 Å². The molecule has 2 aliphatic heterocycles. The third-order valence-corrected chi connectivity index (χ3v) is 10.2. The summed E-state index contributed by atoms with van der Waals surface area (Å²) in [7, 11) is 0. The molecule has 0 radical (unpaired) electrons. The number of hydrogen-bond donors (Lipinski definition) is 0. The topological polar surface area (TPSA) is 90.1 Å². The molecule has 0 spiro atoms. The van der Waals surface area contributed by atoms with Gasteiger partial charge in [-0.2, -0.15) is 0 Å². The molecule has 56 heavy (non-hydrogen) atoms. The Morgan fingerprint density at radius 2 is 0.982 bits per heavy atom. The number of epoxide rings is 2. The Hall–Kier alpha value is -5.44. The van der Waals surface area contributed by atoms with Gasteiger partial charge < -0.3 is 28.6 Å². The molecule has 8 nitrogen and oxygen atoms in total. The van der Waals surface area contributed by atoms with Crippen molar-refractivity contribution in [3.8, 4) is 39.5 Å². The zero-order valence-corrected chi connectivity index (χ0v) is 32.2. The molecule has 2 unspecified atom stereocenters. The van der Waals surface area contributed by atoms with Crippen molar-refractivity contribution >= 4 is 17.6 Å². The van der Waals surface area contributed by atoms with Gasteiger partial charge in [-0.25, -0.2) is 4.79 Å². The Morgan fingerprint density at radius 1 is 0.554 bits per heavy atom. The van der Waals surface area contributed by atoms with E-state index in [1.54, 1.807) is 24.3 Å². The summed E-state index contributed by atoms with van der Waals surface area (Å²) < 4.78 is 27.9. The van der Waals surface area contributed by atoms with Crippen LogP contribution in [0.3, 0.4) is 0 Å². The van der Waals surface area contributed by atoms with E-state index in [1.807, 2.05) is 102 Å². The van der Waals surface area contributed by atoms with E-state index < -0.39 is 5.97 Å². The minimum absolute atomic E-state index is 0.0656. The standard InChI is InChI=1S/C48H51NO7/c1-2-3-4-5-6-7-30-49(47(50)39-12-8-35(9-13-39)37-16-22-42(23-17-37)52-31-28-45-33-54-45)41-20-26-44(27-21-41)56-48(51)40-14-10-36(11-15-40)38-18-24-43(25-19-38)53-32-29-46-34-55-46/h8-27,45-46H,2-7,28-34H2,1H3. The maximum Gasteiger partial charge on any atom is 0.343 e. The van der Waals surface area contributed by atoms with E-state index in [0.717, 1.165) is 84.8 Å². The second kappa shape index (κ2) is 19.4. The third-order valence-electron chi connectivity index (χ3n) is 10.2. The normalized spacial score (nSPS) is 15.5. The van der Waals surface area contributed by atoms with Gasteiger partial charge in [0.05, 0.1) is 44.2 Å². The van der Waals surface area contributed by atoms with Gasteiger partial charge in [0.15, 0.2) is 0 Å². The first kappa shape index (κ1) is 38.8. The van der Waals surface area contributed by atoms with Crippen molar-refractivity contribution < 1.29 is 33.3 Å². The van der Waals surface area contributed by atoms with Crippen LogP contribution in [0.1, 0.15) is 79.0 Å². The van der Waals surface area contributed by atoms with E-state index >= 15 is 0 Å². The lowest BCUT2D eigenvalue weighted by Crippen LogP contribution is -2.32. The molecule has 2 heterocycles. The van der Waals surface area contributed by atoms with Crippen LogP contribution in [0.15, 0.2) is 121 Å². The van der Waals surface area contributed by atoms with Gasteiger partial charge >= 0.3 is 5.97 Å². The van der Waals surface area contributed by atoms with Gasteiger partial charge in [-0.15, -0.1) is 0 Å². The Bertz CT molecular complexity index is 1980. The fourth-order valence-electron chi connectivity index (χ4n) is 6.59. The van der Waals surface area contributed by atoms with Crippen LogP contribution in [-0.4, -0.2) is 57.1 Å². The summed E-state index contributed by atoms with van der Waals surface area (Å²) in [6, 6.07) is 38.3. The van der Waals surface area contributed by atoms with Crippen molar-refractivity contribution in [1.29, 1.82) is 0 Å². The van der Waals surface area contributed by atoms with Gasteiger partial charge in [-0.3, -0.25) is 4.79 Å². The Morgan fingerprint density at radius 3 is 1.46 bits per heavy atom. The number of amides is 1. The molecule has 2 fully saturated rings. The molecule has 2 atom stereocenters. The maximum atomic E-state index is 14.0. The molecule has 5 aromatic rings. The number of esters is 1. The van der Waals surface area contributed by atoms with Crippen LogP contribution >= 0.6 is 0 Å². The number of rotatable bonds is 21. The van der Waals surface area contributed by atoms with Crippen molar-refractivity contribution in [2.45, 2.75) is 70.5 Å². The number of anilines is 1. The summed E-state index contributed by atoms with van der Waals surface area (Å²) in [5.41, 5.74) is 5.92. The van der Waals surface area contributed by atoms with Gasteiger partial charge in [0, 0.05) is 30.6 Å². The first-order chi connectivity index (χ1) is 27.5. The van der Waals surface area contributed by atoms with Crippen LogP contribution < -0.4 is 19.1 Å². The zero-order chi connectivity index (χ0) is 38.5. The van der Waals surface area contributed by atoms with E-state index in [9.17, 15) is 9.59 Å². The van der Waals surface area contributed by atoms with E-state index in [2.05, 4.69) is 6.92 Å². The Labute approximate surface area is 330 Å². The highest BCUT2D eigenvalue weighted by Gasteiger charge is 2.23. The van der Waals surface area contributed by atoms with E-state index in [4.69, 9.17) is 23.7 Å². The second-order valence-corrected chi connectivity index (χ2v) is 14.5. The van der Waals surface area contributed by atoms with Crippen molar-refractivity contribution in [2.24, 2.45) is 0 Å². The summed E-state index contributed by atoms with van der Waals surface area (Å²) in [6.07, 6.45) is 9.25. The largest absolute Gasteiger partial charge is 0.493 e. The average molecular weight is 754 g/mol. The lowest BCUT2D eigenvalue weighted by molar-refractivity contribution is 0.0734. The van der Waals surface area contributed by atoms with Crippen LogP contribution in [0, 0.1) is 0 Å². The zero-order valence-electron chi connectivity index (χ0n) is 32.2. The molecule has 2 aliphatic rings. The molecule has 0 aliphatic carbocycles. The number of carbonyl (C=O) groups is 2.